The Morgan fingerprint density at radius 1 is 0.453 bits per heavy atom. The third-order valence-electron chi connectivity index (χ3n) is 11.0. The van der Waals surface area contributed by atoms with Gasteiger partial charge in [-0.1, -0.05) is 58.0 Å². The van der Waals surface area contributed by atoms with Gasteiger partial charge in [0.2, 0.25) is 53.2 Å². The van der Waals surface area contributed by atoms with E-state index >= 15 is 0 Å². The summed E-state index contributed by atoms with van der Waals surface area (Å²) in [6, 6.07) is -5.22. The quantitative estimate of drug-likeness (QED) is 0.0307. The minimum absolute atomic E-state index is 0.0208. The maximum absolute atomic E-state index is 14.0. The maximum atomic E-state index is 14.0. The van der Waals surface area contributed by atoms with Crippen LogP contribution in [0.4, 0.5) is 0 Å². The first kappa shape index (κ1) is 65.7. The minimum Gasteiger partial charge on any atom is -0.481 e. The Bertz CT molecular complexity index is 2180. The number of rotatable bonds is 36. The molecule has 0 heterocycles. The third-order valence-corrected chi connectivity index (χ3v) is 11.4. The fourth-order valence-corrected chi connectivity index (χ4v) is 7.26. The molecule has 0 bridgehead atoms. The van der Waals surface area contributed by atoms with Crippen LogP contribution in [-0.4, -0.2) is 158 Å². The van der Waals surface area contributed by atoms with E-state index in [-0.39, 0.29) is 49.7 Å². The Hall–Kier alpha value is -7.36. The summed E-state index contributed by atoms with van der Waals surface area (Å²) in [5.74, 6) is -15.1. The highest BCUT2D eigenvalue weighted by Gasteiger charge is 2.35. The molecule has 28 heteroatoms. The molecular weight excluding hydrogens is 1010 g/mol. The van der Waals surface area contributed by atoms with Gasteiger partial charge in [0.15, 0.2) is 0 Å². The molecule has 75 heavy (non-hydrogen) atoms. The Labute approximate surface area is 438 Å². The van der Waals surface area contributed by atoms with Crippen molar-refractivity contribution >= 4 is 89.7 Å². The SMILES string of the molecule is CC(C)C[C@H](NC(=O)[C@H](CCC(=O)O)NC(=O)[C@H](C)NC(=O)[C@H](CS)NC(=O)[C@H](CC(C)C)NC(=O)[C@H](CCC(=O)O)NC(=O)[C@H](CCC(=O)O)NC(=O)[C@H](Cc1ccccc1)NC(=O)[C@@H](N)CCC(N)=O)C(=O)O. The summed E-state index contributed by atoms with van der Waals surface area (Å²) in [5, 5.41) is 56.9. The van der Waals surface area contributed by atoms with Gasteiger partial charge in [-0.05, 0) is 62.8 Å². The van der Waals surface area contributed by atoms with Crippen molar-refractivity contribution in [3.05, 3.63) is 35.9 Å². The number of carboxylic acid groups (broad SMARTS) is 4. The average Bonchev–Trinajstić information content (AvgIpc) is 3.32. The monoisotopic (exact) mass is 1080 g/mol. The van der Waals surface area contributed by atoms with E-state index < -0.39 is 170 Å². The number of primary amides is 1. The maximum Gasteiger partial charge on any atom is 0.326 e. The number of hydrogen-bond donors (Lipinski definition) is 15. The Morgan fingerprint density at radius 3 is 1.23 bits per heavy atom. The summed E-state index contributed by atoms with van der Waals surface area (Å²) >= 11 is 4.15. The van der Waals surface area contributed by atoms with Crippen molar-refractivity contribution in [3.8, 4) is 0 Å². The van der Waals surface area contributed by atoms with Gasteiger partial charge in [-0.2, -0.15) is 12.6 Å². The van der Waals surface area contributed by atoms with Gasteiger partial charge in [0.05, 0.1) is 6.04 Å². The van der Waals surface area contributed by atoms with Crippen molar-refractivity contribution in [1.82, 2.24) is 42.5 Å². The van der Waals surface area contributed by atoms with Crippen molar-refractivity contribution in [2.45, 2.75) is 160 Å². The molecule has 9 atom stereocenters. The smallest absolute Gasteiger partial charge is 0.326 e. The summed E-state index contributed by atoms with van der Waals surface area (Å²) in [5.41, 5.74) is 11.6. The van der Waals surface area contributed by atoms with Crippen LogP contribution in [0.1, 0.15) is 104 Å². The predicted octanol–water partition coefficient (Wildman–Crippen LogP) is -2.58. The summed E-state index contributed by atoms with van der Waals surface area (Å²) in [4.78, 5) is 166. The molecule has 1 aromatic rings. The molecule has 0 fully saturated rings. The number of amides is 9. The number of nitrogens with two attached hydrogens (primary N) is 2. The second-order valence-corrected chi connectivity index (χ2v) is 18.9. The van der Waals surface area contributed by atoms with Gasteiger partial charge in [0.1, 0.15) is 48.3 Å². The zero-order valence-electron chi connectivity index (χ0n) is 42.4. The summed E-state index contributed by atoms with van der Waals surface area (Å²) in [7, 11) is 0. The van der Waals surface area contributed by atoms with Gasteiger partial charge in [-0.3, -0.25) is 57.5 Å². The molecule has 9 amide bonds. The van der Waals surface area contributed by atoms with Crippen LogP contribution >= 0.6 is 12.6 Å². The van der Waals surface area contributed by atoms with Gasteiger partial charge >= 0.3 is 23.9 Å². The first-order valence-electron chi connectivity index (χ1n) is 24.0. The van der Waals surface area contributed by atoms with Gasteiger partial charge in [-0.25, -0.2) is 4.79 Å². The standard InChI is InChI=1S/C47H72N10O17S/c1-23(2)19-31(44(70)57-34(22-75)46(72)50-25(5)39(65)51-28(12-16-36(59)60)43(69)56-33(47(73)74)20-24(3)4)55-42(68)30(14-18-38(63)64)52-41(67)29(13-17-37(61)62)53-45(71)32(21-26-9-7-6-8-10-26)54-40(66)27(48)11-15-35(49)58/h6-10,23-25,27-34,75H,11-22,48H2,1-5H3,(H2,49,58)(H,50,72)(H,51,65)(H,52,67)(H,53,71)(H,54,66)(H,55,68)(H,56,69)(H,57,70)(H,59,60)(H,61,62)(H,63,64)(H,73,74)/t25-,27-,28-,29-,30-,31-,32-,33-,34-/m0/s1. The first-order valence-corrected chi connectivity index (χ1v) is 24.7. The molecule has 418 valence electrons. The largest absolute Gasteiger partial charge is 0.481 e. The van der Waals surface area contributed by atoms with Gasteiger partial charge < -0.3 is 74.4 Å². The topological polar surface area (TPSA) is 451 Å². The van der Waals surface area contributed by atoms with E-state index in [2.05, 4.69) is 55.2 Å². The van der Waals surface area contributed by atoms with Crippen LogP contribution in [0.15, 0.2) is 30.3 Å². The zero-order chi connectivity index (χ0) is 57.1. The van der Waals surface area contributed by atoms with Crippen LogP contribution in [-0.2, 0) is 68.7 Å². The average molecular weight is 1080 g/mol. The second kappa shape index (κ2) is 33.5. The van der Waals surface area contributed by atoms with Gasteiger partial charge in [0, 0.05) is 37.9 Å². The molecule has 0 aliphatic heterocycles. The first-order chi connectivity index (χ1) is 35.0. The number of benzene rings is 1. The molecule has 0 unspecified atom stereocenters. The minimum atomic E-state index is -1.74. The fraction of sp³-hybridized carbons (Fsp3) is 0.596. The molecule has 1 rings (SSSR count). The zero-order valence-corrected chi connectivity index (χ0v) is 43.3. The van der Waals surface area contributed by atoms with Crippen LogP contribution in [0.2, 0.25) is 0 Å². The number of carbonyl (C=O) groups excluding carboxylic acids is 9. The normalized spacial score (nSPS) is 14.6. The van der Waals surface area contributed by atoms with Crippen molar-refractivity contribution in [2.75, 3.05) is 5.75 Å². The van der Waals surface area contributed by atoms with E-state index in [4.69, 9.17) is 11.5 Å². The second-order valence-electron chi connectivity index (χ2n) is 18.5. The number of carboxylic acids is 4. The molecule has 0 aliphatic rings. The van der Waals surface area contributed by atoms with Crippen molar-refractivity contribution < 1.29 is 82.8 Å². The highest BCUT2D eigenvalue weighted by Crippen LogP contribution is 2.12. The number of thiol groups is 1. The van der Waals surface area contributed by atoms with Gasteiger partial charge in [-0.15, -0.1) is 0 Å². The molecule has 0 aliphatic carbocycles. The molecule has 0 saturated carbocycles. The van der Waals surface area contributed by atoms with Crippen molar-refractivity contribution in [1.29, 1.82) is 0 Å². The third kappa shape index (κ3) is 26.4. The Kier molecular flexibility index (Phi) is 29.3. The number of carbonyl (C=O) groups is 13. The number of nitrogens with one attached hydrogen (secondary N) is 8. The van der Waals surface area contributed by atoms with E-state index in [0.717, 1.165) is 0 Å². The lowest BCUT2D eigenvalue weighted by molar-refractivity contribution is -0.143. The van der Waals surface area contributed by atoms with E-state index in [1.807, 2.05) is 0 Å². The molecule has 16 N–H and O–H groups in total. The molecule has 27 nitrogen and oxygen atoms in total. The van der Waals surface area contributed by atoms with E-state index in [1.54, 1.807) is 58.0 Å². The summed E-state index contributed by atoms with van der Waals surface area (Å²) in [6.45, 7) is 7.98. The van der Waals surface area contributed by atoms with Crippen LogP contribution in [0, 0.1) is 11.8 Å². The summed E-state index contributed by atoms with van der Waals surface area (Å²) < 4.78 is 0. The fourth-order valence-electron chi connectivity index (χ4n) is 7.00. The molecule has 1 aromatic carbocycles. The number of hydrogen-bond acceptors (Lipinski definition) is 15. The van der Waals surface area contributed by atoms with Crippen LogP contribution in [0.5, 0.6) is 0 Å². The predicted molar refractivity (Wildman–Crippen MR) is 269 cm³/mol. The van der Waals surface area contributed by atoms with Crippen molar-refractivity contribution in [3.63, 3.8) is 0 Å². The summed E-state index contributed by atoms with van der Waals surface area (Å²) in [6.07, 6.45) is -4.27. The highest BCUT2D eigenvalue weighted by molar-refractivity contribution is 7.80. The van der Waals surface area contributed by atoms with E-state index in [9.17, 15) is 82.8 Å². The lowest BCUT2D eigenvalue weighted by Crippen LogP contribution is -2.60. The lowest BCUT2D eigenvalue weighted by atomic mass is 10.0. The van der Waals surface area contributed by atoms with Crippen LogP contribution in [0.3, 0.4) is 0 Å². The number of aliphatic carboxylic acids is 4. The Balaban J connectivity index is 3.37. The molecule has 0 radical (unpaired) electrons. The Morgan fingerprint density at radius 2 is 0.813 bits per heavy atom. The van der Waals surface area contributed by atoms with Gasteiger partial charge in [0.25, 0.3) is 0 Å². The highest BCUT2D eigenvalue weighted by atomic mass is 32.1. The molecule has 0 spiro atoms. The van der Waals surface area contributed by atoms with E-state index in [0.29, 0.717) is 5.56 Å². The molecule has 0 saturated heterocycles. The van der Waals surface area contributed by atoms with Crippen LogP contribution in [0.25, 0.3) is 0 Å². The van der Waals surface area contributed by atoms with Crippen LogP contribution < -0.4 is 54.0 Å². The molecule has 0 aromatic heterocycles. The van der Waals surface area contributed by atoms with E-state index in [1.165, 1.54) is 6.92 Å². The molecular formula is C47H72N10O17S. The van der Waals surface area contributed by atoms with Crippen molar-refractivity contribution in [2.24, 2.45) is 23.3 Å². The lowest BCUT2D eigenvalue weighted by Gasteiger charge is -2.28.